The third-order valence-electron chi connectivity index (χ3n) is 2.26. The van der Waals surface area contributed by atoms with E-state index in [1.54, 1.807) is 11.8 Å². The molecule has 1 aromatic heterocycles. The number of hydrogen-bond donors (Lipinski definition) is 1. The van der Waals surface area contributed by atoms with Gasteiger partial charge in [-0.3, -0.25) is 0 Å². The topological polar surface area (TPSA) is 55.6 Å². The van der Waals surface area contributed by atoms with Crippen LogP contribution >= 0.6 is 11.8 Å². The summed E-state index contributed by atoms with van der Waals surface area (Å²) in [6.45, 7) is 11.8. The minimum atomic E-state index is 0.130. The molecule has 0 bridgehead atoms. The quantitative estimate of drug-likeness (QED) is 0.445. The number of nitrogens with one attached hydrogen (secondary N) is 1. The number of allylic oxidation sites excluding steroid dienone is 1. The SMILES string of the molecule is C=CCCCSc1nnnn1CCNC(C)(C)C. The summed E-state index contributed by atoms with van der Waals surface area (Å²) in [5.41, 5.74) is 0.130. The number of aromatic nitrogens is 4. The normalized spacial score (nSPS) is 11.7. The molecule has 0 aliphatic carbocycles. The Kier molecular flexibility index (Phi) is 6.35. The van der Waals surface area contributed by atoms with Crippen molar-refractivity contribution >= 4 is 11.8 Å². The molecule has 1 aromatic rings. The zero-order valence-corrected chi connectivity index (χ0v) is 12.3. The van der Waals surface area contributed by atoms with Crippen LogP contribution in [0.25, 0.3) is 0 Å². The van der Waals surface area contributed by atoms with Crippen LogP contribution in [0.2, 0.25) is 0 Å². The van der Waals surface area contributed by atoms with E-state index in [1.807, 2.05) is 10.8 Å². The number of unbranched alkanes of at least 4 members (excludes halogenated alkanes) is 1. The highest BCUT2D eigenvalue weighted by Crippen LogP contribution is 2.15. The maximum Gasteiger partial charge on any atom is 0.209 e. The van der Waals surface area contributed by atoms with E-state index in [9.17, 15) is 0 Å². The molecule has 0 radical (unpaired) electrons. The van der Waals surface area contributed by atoms with Crippen molar-refractivity contribution < 1.29 is 0 Å². The van der Waals surface area contributed by atoms with Crippen molar-refractivity contribution in [1.29, 1.82) is 0 Å². The van der Waals surface area contributed by atoms with E-state index in [2.05, 4.69) is 48.2 Å². The zero-order valence-electron chi connectivity index (χ0n) is 11.5. The fraction of sp³-hybridized carbons (Fsp3) is 0.750. The number of tetrazole rings is 1. The molecule has 0 saturated heterocycles. The molecule has 0 aliphatic rings. The second-order valence-electron chi connectivity index (χ2n) is 5.14. The highest BCUT2D eigenvalue weighted by molar-refractivity contribution is 7.99. The number of hydrogen-bond acceptors (Lipinski definition) is 5. The fourth-order valence-electron chi connectivity index (χ4n) is 1.37. The molecule has 102 valence electrons. The standard InChI is InChI=1S/C12H23N5S/c1-5-6-7-10-18-11-14-15-16-17(11)9-8-13-12(2,3)4/h5,13H,1,6-10H2,2-4H3. The van der Waals surface area contributed by atoms with Crippen LogP contribution in [-0.2, 0) is 6.54 Å². The van der Waals surface area contributed by atoms with Crippen molar-refractivity contribution in [2.45, 2.75) is 50.9 Å². The Bertz CT molecular complexity index is 356. The van der Waals surface area contributed by atoms with E-state index in [0.29, 0.717) is 0 Å². The van der Waals surface area contributed by atoms with E-state index in [-0.39, 0.29) is 5.54 Å². The zero-order chi connectivity index (χ0) is 13.4. The highest BCUT2D eigenvalue weighted by atomic mass is 32.2. The third-order valence-corrected chi connectivity index (χ3v) is 3.31. The maximum absolute atomic E-state index is 4.04. The largest absolute Gasteiger partial charge is 0.310 e. The molecular formula is C12H23N5S. The number of thioether (sulfide) groups is 1. The predicted octanol–water partition coefficient (Wildman–Crippen LogP) is 2.12. The summed E-state index contributed by atoms with van der Waals surface area (Å²) < 4.78 is 1.86. The Morgan fingerprint density at radius 3 is 2.89 bits per heavy atom. The van der Waals surface area contributed by atoms with Gasteiger partial charge in [-0.2, -0.15) is 0 Å². The molecule has 18 heavy (non-hydrogen) atoms. The second-order valence-corrected chi connectivity index (χ2v) is 6.20. The summed E-state index contributed by atoms with van der Waals surface area (Å²) in [5.74, 6) is 1.03. The molecule has 0 amide bonds. The molecule has 0 aliphatic heterocycles. The molecule has 1 N–H and O–H groups in total. The van der Waals surface area contributed by atoms with Gasteiger partial charge in [-0.1, -0.05) is 17.8 Å². The van der Waals surface area contributed by atoms with Crippen LogP contribution in [0.4, 0.5) is 0 Å². The molecule has 1 heterocycles. The van der Waals surface area contributed by atoms with Crippen LogP contribution in [0.5, 0.6) is 0 Å². The molecule has 0 fully saturated rings. The van der Waals surface area contributed by atoms with E-state index in [4.69, 9.17) is 0 Å². The minimum absolute atomic E-state index is 0.130. The third kappa shape index (κ3) is 6.16. The maximum atomic E-state index is 4.04. The Balaban J connectivity index is 2.33. The molecular weight excluding hydrogens is 246 g/mol. The van der Waals surface area contributed by atoms with Crippen molar-refractivity contribution in [2.75, 3.05) is 12.3 Å². The van der Waals surface area contributed by atoms with Gasteiger partial charge in [0.15, 0.2) is 0 Å². The first-order valence-electron chi connectivity index (χ1n) is 6.28. The summed E-state index contributed by atoms with van der Waals surface area (Å²) >= 11 is 1.70. The van der Waals surface area contributed by atoms with E-state index in [0.717, 1.165) is 36.8 Å². The van der Waals surface area contributed by atoms with Gasteiger partial charge >= 0.3 is 0 Å². The summed E-state index contributed by atoms with van der Waals surface area (Å²) in [5, 5.41) is 16.1. The highest BCUT2D eigenvalue weighted by Gasteiger charge is 2.10. The van der Waals surface area contributed by atoms with Crippen LogP contribution in [0.1, 0.15) is 33.6 Å². The molecule has 1 rings (SSSR count). The fourth-order valence-corrected chi connectivity index (χ4v) is 2.23. The smallest absolute Gasteiger partial charge is 0.209 e. The van der Waals surface area contributed by atoms with Crippen molar-refractivity contribution in [3.05, 3.63) is 12.7 Å². The first-order valence-corrected chi connectivity index (χ1v) is 7.26. The number of rotatable bonds is 8. The minimum Gasteiger partial charge on any atom is -0.310 e. The Labute approximate surface area is 113 Å². The average molecular weight is 269 g/mol. The Morgan fingerprint density at radius 2 is 2.22 bits per heavy atom. The van der Waals surface area contributed by atoms with Crippen molar-refractivity contribution in [3.8, 4) is 0 Å². The van der Waals surface area contributed by atoms with Crippen molar-refractivity contribution in [3.63, 3.8) is 0 Å². The van der Waals surface area contributed by atoms with Crippen molar-refractivity contribution in [1.82, 2.24) is 25.5 Å². The second kappa shape index (κ2) is 7.53. The van der Waals surface area contributed by atoms with Gasteiger partial charge in [-0.15, -0.1) is 11.7 Å². The first-order chi connectivity index (χ1) is 8.53. The van der Waals surface area contributed by atoms with Crippen LogP contribution in [0, 0.1) is 0 Å². The summed E-state index contributed by atoms with van der Waals surface area (Å²) in [7, 11) is 0. The first kappa shape index (κ1) is 15.2. The molecule has 0 aromatic carbocycles. The molecule has 0 unspecified atom stereocenters. The average Bonchev–Trinajstić information content (AvgIpc) is 2.71. The monoisotopic (exact) mass is 269 g/mol. The molecule has 5 nitrogen and oxygen atoms in total. The van der Waals surface area contributed by atoms with Crippen LogP contribution in [-0.4, -0.2) is 38.0 Å². The van der Waals surface area contributed by atoms with E-state index in [1.165, 1.54) is 0 Å². The lowest BCUT2D eigenvalue weighted by Crippen LogP contribution is -2.38. The van der Waals surface area contributed by atoms with Gasteiger partial charge in [0.05, 0.1) is 6.54 Å². The van der Waals surface area contributed by atoms with Gasteiger partial charge in [0.25, 0.3) is 0 Å². The molecule has 6 heteroatoms. The summed E-state index contributed by atoms with van der Waals surface area (Å²) in [4.78, 5) is 0. The molecule has 0 spiro atoms. The van der Waals surface area contributed by atoms with Gasteiger partial charge in [0.2, 0.25) is 5.16 Å². The number of nitrogens with zero attached hydrogens (tertiary/aromatic N) is 4. The van der Waals surface area contributed by atoms with E-state index >= 15 is 0 Å². The van der Waals surface area contributed by atoms with Gasteiger partial charge < -0.3 is 5.32 Å². The summed E-state index contributed by atoms with van der Waals surface area (Å²) in [6, 6.07) is 0. The lowest BCUT2D eigenvalue weighted by molar-refractivity contribution is 0.396. The van der Waals surface area contributed by atoms with E-state index < -0.39 is 0 Å². The van der Waals surface area contributed by atoms with Crippen LogP contribution in [0.3, 0.4) is 0 Å². The van der Waals surface area contributed by atoms with Crippen LogP contribution < -0.4 is 5.32 Å². The van der Waals surface area contributed by atoms with Gasteiger partial charge in [0.1, 0.15) is 0 Å². The Hall–Kier alpha value is -0.880. The lowest BCUT2D eigenvalue weighted by atomic mass is 10.1. The van der Waals surface area contributed by atoms with Crippen molar-refractivity contribution in [2.24, 2.45) is 0 Å². The van der Waals surface area contributed by atoms with Gasteiger partial charge in [-0.05, 0) is 44.0 Å². The van der Waals surface area contributed by atoms with Gasteiger partial charge in [0, 0.05) is 17.8 Å². The predicted molar refractivity (Wildman–Crippen MR) is 75.7 cm³/mol. The summed E-state index contributed by atoms with van der Waals surface area (Å²) in [6.07, 6.45) is 4.10. The Morgan fingerprint density at radius 1 is 1.44 bits per heavy atom. The van der Waals surface area contributed by atoms with Crippen LogP contribution in [0.15, 0.2) is 17.8 Å². The molecule has 0 atom stereocenters. The lowest BCUT2D eigenvalue weighted by Gasteiger charge is -2.20. The molecule has 0 saturated carbocycles. The van der Waals surface area contributed by atoms with Gasteiger partial charge in [-0.25, -0.2) is 4.68 Å².